The maximum Gasteiger partial charge on any atom is 0.338 e. The van der Waals surface area contributed by atoms with Gasteiger partial charge in [-0.05, 0) is 50.1 Å². The molecule has 2 aromatic carbocycles. The van der Waals surface area contributed by atoms with E-state index < -0.39 is 23.1 Å². The number of esters is 1. The van der Waals surface area contributed by atoms with Crippen molar-refractivity contribution < 1.29 is 33.7 Å². The standard InChI is InChI=1S/C28H27NO7/c1-27(2)35-17-21(36-27)16-34-25(31)19-8-10-20(11-9-19)28(26(32)33)14-15-29-22(12-13-23(28)29)24(30)18-6-4-3-5-7-18/h3-13,21H,14-17H2,1-2H3,(H,32,33). The van der Waals surface area contributed by atoms with Crippen LogP contribution in [-0.2, 0) is 31.0 Å². The number of fused-ring (bicyclic) bond motifs is 1. The molecule has 3 heterocycles. The maximum atomic E-state index is 13.1. The molecule has 3 aromatic rings. The number of carbonyl (C=O) groups is 3. The second-order valence-electron chi connectivity index (χ2n) is 9.54. The van der Waals surface area contributed by atoms with Crippen LogP contribution in [0.4, 0.5) is 0 Å². The molecule has 0 bridgehead atoms. The lowest BCUT2D eigenvalue weighted by Crippen LogP contribution is -2.34. The van der Waals surface area contributed by atoms with Crippen LogP contribution in [0.3, 0.4) is 0 Å². The number of ketones is 1. The van der Waals surface area contributed by atoms with E-state index >= 15 is 0 Å². The van der Waals surface area contributed by atoms with E-state index in [1.807, 2.05) is 6.07 Å². The van der Waals surface area contributed by atoms with E-state index in [0.29, 0.717) is 47.7 Å². The van der Waals surface area contributed by atoms with Crippen LogP contribution < -0.4 is 0 Å². The van der Waals surface area contributed by atoms with E-state index in [4.69, 9.17) is 14.2 Å². The molecule has 1 N–H and O–H groups in total. The normalized spacial score (nSPS) is 22.2. The van der Waals surface area contributed by atoms with Crippen molar-refractivity contribution in [2.75, 3.05) is 13.2 Å². The van der Waals surface area contributed by atoms with Crippen molar-refractivity contribution in [2.45, 2.75) is 44.1 Å². The zero-order chi connectivity index (χ0) is 25.5. The van der Waals surface area contributed by atoms with Gasteiger partial charge in [-0.1, -0.05) is 42.5 Å². The molecule has 0 amide bonds. The third-order valence-electron chi connectivity index (χ3n) is 6.84. The van der Waals surface area contributed by atoms with E-state index in [9.17, 15) is 19.5 Å². The Morgan fingerprint density at radius 1 is 1.00 bits per heavy atom. The predicted octanol–water partition coefficient (Wildman–Crippen LogP) is 3.80. The molecule has 0 radical (unpaired) electrons. The number of aliphatic carboxylic acids is 1. The zero-order valence-electron chi connectivity index (χ0n) is 20.1. The number of hydrogen-bond acceptors (Lipinski definition) is 6. The lowest BCUT2D eigenvalue weighted by atomic mass is 9.76. The Bertz CT molecular complexity index is 1310. The molecular weight excluding hydrogens is 462 g/mol. The molecule has 2 aliphatic rings. The average Bonchev–Trinajstić information content (AvgIpc) is 3.56. The minimum absolute atomic E-state index is 0.0643. The molecule has 2 aliphatic heterocycles. The van der Waals surface area contributed by atoms with Crippen molar-refractivity contribution in [3.8, 4) is 0 Å². The molecule has 0 aliphatic carbocycles. The fourth-order valence-corrected chi connectivity index (χ4v) is 5.04. The largest absolute Gasteiger partial charge is 0.480 e. The number of ether oxygens (including phenoxy) is 3. The predicted molar refractivity (Wildman–Crippen MR) is 129 cm³/mol. The van der Waals surface area contributed by atoms with Gasteiger partial charge in [0.1, 0.15) is 18.1 Å². The van der Waals surface area contributed by atoms with Crippen LogP contribution in [0.1, 0.15) is 57.9 Å². The van der Waals surface area contributed by atoms with E-state index in [1.54, 1.807) is 79.1 Å². The Morgan fingerprint density at radius 2 is 1.72 bits per heavy atom. The lowest BCUT2D eigenvalue weighted by molar-refractivity contribution is -0.143. The Balaban J connectivity index is 1.37. The number of hydrogen-bond donors (Lipinski definition) is 1. The number of carboxylic acids is 1. The molecule has 0 saturated carbocycles. The van der Waals surface area contributed by atoms with Crippen molar-refractivity contribution in [1.82, 2.24) is 4.57 Å². The van der Waals surface area contributed by atoms with Gasteiger partial charge in [-0.2, -0.15) is 0 Å². The van der Waals surface area contributed by atoms with Crippen LogP contribution in [0.25, 0.3) is 0 Å². The molecule has 2 unspecified atom stereocenters. The summed E-state index contributed by atoms with van der Waals surface area (Å²) in [5.74, 6) is -2.38. The molecule has 5 rings (SSSR count). The molecule has 2 atom stereocenters. The van der Waals surface area contributed by atoms with Crippen LogP contribution in [0, 0.1) is 0 Å². The monoisotopic (exact) mass is 489 g/mol. The maximum absolute atomic E-state index is 13.1. The van der Waals surface area contributed by atoms with Crippen molar-refractivity contribution >= 4 is 17.7 Å². The summed E-state index contributed by atoms with van der Waals surface area (Å²) in [7, 11) is 0. The summed E-state index contributed by atoms with van der Waals surface area (Å²) in [5, 5.41) is 10.3. The lowest BCUT2D eigenvalue weighted by Gasteiger charge is -2.24. The Kier molecular flexibility index (Phi) is 6.02. The van der Waals surface area contributed by atoms with Gasteiger partial charge in [0, 0.05) is 17.8 Å². The van der Waals surface area contributed by atoms with E-state index in [0.717, 1.165) is 0 Å². The van der Waals surface area contributed by atoms with Gasteiger partial charge < -0.3 is 23.9 Å². The van der Waals surface area contributed by atoms with Crippen molar-refractivity contribution in [1.29, 1.82) is 0 Å². The zero-order valence-corrected chi connectivity index (χ0v) is 20.1. The van der Waals surface area contributed by atoms with E-state index in [1.165, 1.54) is 0 Å². The van der Waals surface area contributed by atoms with Gasteiger partial charge in [-0.25, -0.2) is 4.79 Å². The highest BCUT2D eigenvalue weighted by Gasteiger charge is 2.49. The molecule has 1 fully saturated rings. The summed E-state index contributed by atoms with van der Waals surface area (Å²) >= 11 is 0. The highest BCUT2D eigenvalue weighted by Crippen LogP contribution is 2.43. The summed E-state index contributed by atoms with van der Waals surface area (Å²) in [6.45, 7) is 4.40. The smallest absolute Gasteiger partial charge is 0.338 e. The first-order chi connectivity index (χ1) is 17.2. The minimum atomic E-state index is -1.32. The Labute approximate surface area is 208 Å². The van der Waals surface area contributed by atoms with Crippen LogP contribution in [-0.4, -0.2) is 52.5 Å². The first-order valence-electron chi connectivity index (χ1n) is 11.8. The van der Waals surface area contributed by atoms with Gasteiger partial charge >= 0.3 is 11.9 Å². The number of benzene rings is 2. The molecule has 36 heavy (non-hydrogen) atoms. The second kappa shape index (κ2) is 9.04. The number of rotatable bonds is 7. The second-order valence-corrected chi connectivity index (χ2v) is 9.54. The van der Waals surface area contributed by atoms with E-state index in [2.05, 4.69) is 0 Å². The highest BCUT2D eigenvalue weighted by atomic mass is 16.7. The summed E-state index contributed by atoms with van der Waals surface area (Å²) < 4.78 is 18.3. The van der Waals surface area contributed by atoms with Crippen molar-refractivity contribution in [2.24, 2.45) is 0 Å². The van der Waals surface area contributed by atoms with Crippen molar-refractivity contribution in [3.05, 3.63) is 94.8 Å². The van der Waals surface area contributed by atoms with Gasteiger partial charge in [0.2, 0.25) is 5.78 Å². The van der Waals surface area contributed by atoms with Crippen molar-refractivity contribution in [3.63, 3.8) is 0 Å². The van der Waals surface area contributed by atoms with Gasteiger partial charge in [0.25, 0.3) is 0 Å². The fourth-order valence-electron chi connectivity index (χ4n) is 5.04. The first-order valence-corrected chi connectivity index (χ1v) is 11.8. The van der Waals surface area contributed by atoms with Crippen LogP contribution >= 0.6 is 0 Å². The van der Waals surface area contributed by atoms with Gasteiger partial charge in [-0.15, -0.1) is 0 Å². The Morgan fingerprint density at radius 3 is 2.36 bits per heavy atom. The minimum Gasteiger partial charge on any atom is -0.480 e. The number of aromatic nitrogens is 1. The van der Waals surface area contributed by atoms with Crippen LogP contribution in [0.5, 0.6) is 0 Å². The SMILES string of the molecule is CC1(C)OCC(COC(=O)c2ccc(C3(C(=O)O)CCn4c(C(=O)c5ccccc5)ccc43)cc2)O1. The Hall–Kier alpha value is -3.75. The number of nitrogens with zero attached hydrogens (tertiary/aromatic N) is 1. The third-order valence-corrected chi connectivity index (χ3v) is 6.84. The van der Waals surface area contributed by atoms with Gasteiger partial charge in [0.15, 0.2) is 5.79 Å². The summed E-state index contributed by atoms with van der Waals surface area (Å²) in [4.78, 5) is 38.2. The van der Waals surface area contributed by atoms with E-state index in [-0.39, 0.29) is 18.5 Å². The molecule has 0 spiro atoms. The molecule has 8 heteroatoms. The summed E-state index contributed by atoms with van der Waals surface area (Å²) in [6, 6.07) is 18.7. The van der Waals surface area contributed by atoms with Crippen LogP contribution in [0.15, 0.2) is 66.7 Å². The highest BCUT2D eigenvalue weighted by molar-refractivity contribution is 6.08. The average molecular weight is 490 g/mol. The topological polar surface area (TPSA) is 104 Å². The molecular formula is C28H27NO7. The fraction of sp³-hybridized carbons (Fsp3) is 0.321. The van der Waals surface area contributed by atoms with Gasteiger partial charge in [-0.3, -0.25) is 9.59 Å². The number of carbonyl (C=O) groups excluding carboxylic acids is 2. The molecule has 1 aromatic heterocycles. The van der Waals surface area contributed by atoms with Gasteiger partial charge in [0.05, 0.1) is 17.9 Å². The first kappa shape index (κ1) is 24.0. The number of carboxylic acid groups (broad SMARTS) is 1. The third kappa shape index (κ3) is 4.12. The molecule has 1 saturated heterocycles. The summed E-state index contributed by atoms with van der Waals surface area (Å²) in [6.07, 6.45) is -0.0378. The quantitative estimate of drug-likeness (QED) is 0.398. The summed E-state index contributed by atoms with van der Waals surface area (Å²) in [5.41, 5.74) is 1.08. The van der Waals surface area contributed by atoms with Crippen LogP contribution in [0.2, 0.25) is 0 Å². The molecule has 8 nitrogen and oxygen atoms in total. The molecule has 186 valence electrons.